The summed E-state index contributed by atoms with van der Waals surface area (Å²) < 4.78 is 40.7. The first-order chi connectivity index (χ1) is 13.8. The molecule has 0 radical (unpaired) electrons. The van der Waals surface area contributed by atoms with Crippen molar-refractivity contribution in [3.8, 4) is 5.88 Å². The second-order valence-corrected chi connectivity index (χ2v) is 8.49. The standard InChI is InChI=1S/C21H20F3N3OS/c1-12(2)13-6-7-18-17(8-13)19(20(28)27(18)16-10-29-11-16)26-25-15-5-3-4-14(9-15)21(22,23)24/h3-9,12,16,28H,10-11H2,1-2H3. The Labute approximate surface area is 170 Å². The summed E-state index contributed by atoms with van der Waals surface area (Å²) in [5.74, 6) is 2.08. The second kappa shape index (κ2) is 7.40. The number of aromatic nitrogens is 1. The fourth-order valence-electron chi connectivity index (χ4n) is 3.35. The molecular weight excluding hydrogens is 399 g/mol. The topological polar surface area (TPSA) is 49.9 Å². The molecule has 4 rings (SSSR count). The number of fused-ring (bicyclic) bond motifs is 1. The van der Waals surface area contributed by atoms with Crippen molar-refractivity contribution in [2.24, 2.45) is 10.2 Å². The lowest BCUT2D eigenvalue weighted by Crippen LogP contribution is -2.22. The molecule has 1 fully saturated rings. The third kappa shape index (κ3) is 3.73. The minimum Gasteiger partial charge on any atom is -0.493 e. The average molecular weight is 419 g/mol. The van der Waals surface area contributed by atoms with Crippen LogP contribution < -0.4 is 0 Å². The van der Waals surface area contributed by atoms with Crippen LogP contribution in [0.15, 0.2) is 52.7 Å². The van der Waals surface area contributed by atoms with Gasteiger partial charge in [0, 0.05) is 16.9 Å². The average Bonchev–Trinajstić information content (AvgIpc) is 2.89. The van der Waals surface area contributed by atoms with Crippen LogP contribution in [0.2, 0.25) is 0 Å². The number of aromatic hydroxyl groups is 1. The van der Waals surface area contributed by atoms with E-state index in [0.717, 1.165) is 40.1 Å². The Balaban J connectivity index is 1.81. The number of benzene rings is 2. The van der Waals surface area contributed by atoms with Crippen LogP contribution in [0.4, 0.5) is 24.5 Å². The van der Waals surface area contributed by atoms with E-state index in [1.54, 1.807) is 11.8 Å². The van der Waals surface area contributed by atoms with E-state index in [1.807, 2.05) is 22.8 Å². The summed E-state index contributed by atoms with van der Waals surface area (Å²) >= 11 is 1.80. The first-order valence-electron chi connectivity index (χ1n) is 9.29. The van der Waals surface area contributed by atoms with Crippen LogP contribution in [0.5, 0.6) is 5.88 Å². The van der Waals surface area contributed by atoms with Crippen LogP contribution in [0.1, 0.15) is 36.9 Å². The highest BCUT2D eigenvalue weighted by Gasteiger charge is 2.30. The van der Waals surface area contributed by atoms with Crippen molar-refractivity contribution in [2.45, 2.75) is 32.0 Å². The normalized spacial score (nSPS) is 15.5. The first kappa shape index (κ1) is 19.8. The lowest BCUT2D eigenvalue weighted by Gasteiger charge is -2.27. The van der Waals surface area contributed by atoms with E-state index in [4.69, 9.17) is 0 Å². The van der Waals surface area contributed by atoms with Crippen LogP contribution >= 0.6 is 11.8 Å². The van der Waals surface area contributed by atoms with Crippen LogP contribution in [0.3, 0.4) is 0 Å². The molecule has 1 aliphatic rings. The molecule has 0 spiro atoms. The highest BCUT2D eigenvalue weighted by Crippen LogP contribution is 2.45. The Bertz CT molecular complexity index is 1080. The number of hydrogen-bond acceptors (Lipinski definition) is 4. The molecule has 152 valence electrons. The third-order valence-corrected chi connectivity index (χ3v) is 6.31. The van der Waals surface area contributed by atoms with E-state index in [1.165, 1.54) is 12.1 Å². The minimum absolute atomic E-state index is 0.00179. The Morgan fingerprint density at radius 2 is 1.86 bits per heavy atom. The third-order valence-electron chi connectivity index (χ3n) is 5.07. The predicted molar refractivity (Wildman–Crippen MR) is 110 cm³/mol. The van der Waals surface area contributed by atoms with Crippen LogP contribution in [0, 0.1) is 0 Å². The Morgan fingerprint density at radius 3 is 2.48 bits per heavy atom. The second-order valence-electron chi connectivity index (χ2n) is 7.41. The zero-order chi connectivity index (χ0) is 20.8. The molecule has 2 aromatic carbocycles. The van der Waals surface area contributed by atoms with Gasteiger partial charge >= 0.3 is 6.18 Å². The molecule has 0 atom stereocenters. The molecule has 29 heavy (non-hydrogen) atoms. The van der Waals surface area contributed by atoms with Gasteiger partial charge in [0.05, 0.1) is 22.8 Å². The molecule has 0 unspecified atom stereocenters. The Kier molecular flexibility index (Phi) is 5.06. The molecule has 8 heteroatoms. The largest absolute Gasteiger partial charge is 0.493 e. The van der Waals surface area contributed by atoms with Gasteiger partial charge in [-0.05, 0) is 41.8 Å². The van der Waals surface area contributed by atoms with Gasteiger partial charge in [-0.1, -0.05) is 26.0 Å². The van der Waals surface area contributed by atoms with Crippen molar-refractivity contribution in [3.05, 3.63) is 53.6 Å². The van der Waals surface area contributed by atoms with Gasteiger partial charge in [-0.3, -0.25) is 0 Å². The van der Waals surface area contributed by atoms with Crippen LogP contribution in [0.25, 0.3) is 10.9 Å². The number of thioether (sulfide) groups is 1. The van der Waals surface area contributed by atoms with Crippen molar-refractivity contribution in [1.29, 1.82) is 0 Å². The van der Waals surface area contributed by atoms with E-state index in [9.17, 15) is 18.3 Å². The molecule has 1 aliphatic heterocycles. The van der Waals surface area contributed by atoms with Gasteiger partial charge in [-0.15, -0.1) is 5.11 Å². The molecule has 0 amide bonds. The number of nitrogens with zero attached hydrogens (tertiary/aromatic N) is 3. The Morgan fingerprint density at radius 1 is 1.10 bits per heavy atom. The van der Waals surface area contributed by atoms with Gasteiger partial charge in [-0.2, -0.15) is 30.0 Å². The molecule has 1 aromatic heterocycles. The summed E-state index contributed by atoms with van der Waals surface area (Å²) in [4.78, 5) is 0. The maximum Gasteiger partial charge on any atom is 0.416 e. The Hall–Kier alpha value is -2.48. The van der Waals surface area contributed by atoms with Gasteiger partial charge in [-0.25, -0.2) is 0 Å². The molecular formula is C21H20F3N3OS. The quantitative estimate of drug-likeness (QED) is 0.455. The number of halogens is 3. The summed E-state index contributed by atoms with van der Waals surface area (Å²) in [7, 11) is 0. The van der Waals surface area contributed by atoms with Gasteiger partial charge in [0.2, 0.25) is 5.88 Å². The van der Waals surface area contributed by atoms with Crippen molar-refractivity contribution in [3.63, 3.8) is 0 Å². The maximum atomic E-state index is 12.9. The monoisotopic (exact) mass is 419 g/mol. The summed E-state index contributed by atoms with van der Waals surface area (Å²) in [6, 6.07) is 10.8. The molecule has 1 saturated heterocycles. The SMILES string of the molecule is CC(C)c1ccc2c(c1)c(N=Nc1cccc(C(F)(F)F)c1)c(O)n2C1CSC1. The fraction of sp³-hybridized carbons (Fsp3) is 0.333. The van der Waals surface area contributed by atoms with Crippen molar-refractivity contribution in [1.82, 2.24) is 4.57 Å². The smallest absolute Gasteiger partial charge is 0.416 e. The number of hydrogen-bond donors (Lipinski definition) is 1. The molecule has 2 heterocycles. The summed E-state index contributed by atoms with van der Waals surface area (Å²) in [6.07, 6.45) is -4.45. The van der Waals surface area contributed by atoms with E-state index in [2.05, 4.69) is 24.1 Å². The van der Waals surface area contributed by atoms with Crippen LogP contribution in [-0.2, 0) is 6.18 Å². The molecule has 0 aliphatic carbocycles. The van der Waals surface area contributed by atoms with Crippen molar-refractivity contribution < 1.29 is 18.3 Å². The van der Waals surface area contributed by atoms with Gasteiger partial charge in [0.25, 0.3) is 0 Å². The number of rotatable bonds is 4. The van der Waals surface area contributed by atoms with Gasteiger partial charge in [0.1, 0.15) is 0 Å². The highest BCUT2D eigenvalue weighted by molar-refractivity contribution is 8.00. The van der Waals surface area contributed by atoms with E-state index >= 15 is 0 Å². The predicted octanol–water partition coefficient (Wildman–Crippen LogP) is 7.19. The summed E-state index contributed by atoms with van der Waals surface area (Å²) in [6.45, 7) is 4.15. The van der Waals surface area contributed by atoms with E-state index in [0.29, 0.717) is 0 Å². The summed E-state index contributed by atoms with van der Waals surface area (Å²) in [5.41, 5.74) is 1.54. The lowest BCUT2D eigenvalue weighted by molar-refractivity contribution is -0.137. The van der Waals surface area contributed by atoms with Gasteiger partial charge in [0.15, 0.2) is 5.69 Å². The van der Waals surface area contributed by atoms with Crippen molar-refractivity contribution in [2.75, 3.05) is 11.5 Å². The molecule has 4 nitrogen and oxygen atoms in total. The summed E-state index contributed by atoms with van der Waals surface area (Å²) in [5, 5.41) is 19.8. The zero-order valence-corrected chi connectivity index (χ0v) is 16.8. The maximum absolute atomic E-state index is 12.9. The molecule has 1 N–H and O–H groups in total. The zero-order valence-electron chi connectivity index (χ0n) is 15.9. The first-order valence-corrected chi connectivity index (χ1v) is 10.4. The molecule has 0 bridgehead atoms. The number of azo groups is 1. The van der Waals surface area contributed by atoms with Gasteiger partial charge < -0.3 is 9.67 Å². The highest BCUT2D eigenvalue weighted by atomic mass is 32.2. The van der Waals surface area contributed by atoms with Crippen molar-refractivity contribution >= 4 is 34.0 Å². The van der Waals surface area contributed by atoms with E-state index < -0.39 is 11.7 Å². The van der Waals surface area contributed by atoms with Crippen LogP contribution in [-0.4, -0.2) is 21.2 Å². The molecule has 3 aromatic rings. The fourth-order valence-corrected chi connectivity index (χ4v) is 4.10. The lowest BCUT2D eigenvalue weighted by atomic mass is 10.0. The van der Waals surface area contributed by atoms with E-state index in [-0.39, 0.29) is 29.2 Å². The number of alkyl halides is 3. The minimum atomic E-state index is -4.45. The molecule has 0 saturated carbocycles.